The zero-order valence-corrected chi connectivity index (χ0v) is 12.3. The molecule has 21 heavy (non-hydrogen) atoms. The summed E-state index contributed by atoms with van der Waals surface area (Å²) in [7, 11) is -2.39. The molecule has 0 aliphatic heterocycles. The summed E-state index contributed by atoms with van der Waals surface area (Å²) in [6.45, 7) is 1.59. The molecule has 1 unspecified atom stereocenters. The van der Waals surface area contributed by atoms with Crippen LogP contribution in [0, 0.1) is 0 Å². The number of ether oxygens (including phenoxy) is 1. The van der Waals surface area contributed by atoms with Gasteiger partial charge in [0.25, 0.3) is 5.91 Å². The molecule has 3 N–H and O–H groups in total. The summed E-state index contributed by atoms with van der Waals surface area (Å²) in [6.07, 6.45) is 0.738. The SMILES string of the molecule is CNC(=O)C(C)Oc1ccc(S(N)(=O)=O)c2ncccc12. The van der Waals surface area contributed by atoms with Gasteiger partial charge in [-0.3, -0.25) is 9.78 Å². The maximum Gasteiger partial charge on any atom is 0.260 e. The van der Waals surface area contributed by atoms with Gasteiger partial charge in [0.2, 0.25) is 10.0 Å². The van der Waals surface area contributed by atoms with Gasteiger partial charge in [-0.2, -0.15) is 0 Å². The molecule has 7 nitrogen and oxygen atoms in total. The fourth-order valence-electron chi connectivity index (χ4n) is 1.90. The van der Waals surface area contributed by atoms with Gasteiger partial charge in [0, 0.05) is 18.6 Å². The largest absolute Gasteiger partial charge is 0.480 e. The molecule has 0 saturated heterocycles. The number of rotatable bonds is 4. The van der Waals surface area contributed by atoms with Crippen LogP contribution in [0.1, 0.15) is 6.92 Å². The lowest BCUT2D eigenvalue weighted by atomic mass is 10.2. The van der Waals surface area contributed by atoms with E-state index in [0.29, 0.717) is 11.1 Å². The summed E-state index contributed by atoms with van der Waals surface area (Å²) in [6, 6.07) is 6.08. The molecule has 0 bridgehead atoms. The molecule has 0 aliphatic rings. The van der Waals surface area contributed by atoms with Crippen LogP contribution in [0.4, 0.5) is 0 Å². The fourth-order valence-corrected chi connectivity index (χ4v) is 2.59. The summed E-state index contributed by atoms with van der Waals surface area (Å²) in [5.41, 5.74) is 0.210. The van der Waals surface area contributed by atoms with E-state index in [4.69, 9.17) is 9.88 Å². The molecule has 0 fully saturated rings. The number of primary sulfonamides is 1. The van der Waals surface area contributed by atoms with Gasteiger partial charge in [-0.15, -0.1) is 0 Å². The van der Waals surface area contributed by atoms with E-state index in [2.05, 4.69) is 10.3 Å². The standard InChI is InChI=1S/C13H15N3O4S/c1-8(13(17)15-2)20-10-5-6-11(21(14,18)19)12-9(10)4-3-7-16-12/h3-8H,1-2H3,(H,15,17)(H2,14,18,19). The van der Waals surface area contributed by atoms with E-state index >= 15 is 0 Å². The van der Waals surface area contributed by atoms with Gasteiger partial charge in [0.1, 0.15) is 10.6 Å². The van der Waals surface area contributed by atoms with Crippen molar-refractivity contribution in [2.75, 3.05) is 7.05 Å². The van der Waals surface area contributed by atoms with Crippen LogP contribution in [-0.4, -0.2) is 32.5 Å². The number of pyridine rings is 1. The Kier molecular flexibility index (Phi) is 4.10. The third kappa shape index (κ3) is 3.11. The monoisotopic (exact) mass is 309 g/mol. The van der Waals surface area contributed by atoms with Crippen LogP contribution in [0.5, 0.6) is 5.75 Å². The molecule has 0 saturated carbocycles. The van der Waals surface area contributed by atoms with E-state index in [1.807, 2.05) is 0 Å². The highest BCUT2D eigenvalue weighted by atomic mass is 32.2. The summed E-state index contributed by atoms with van der Waals surface area (Å²) in [5.74, 6) is 0.0733. The molecule has 1 atom stereocenters. The Morgan fingerprint density at radius 1 is 1.38 bits per heavy atom. The quantitative estimate of drug-likeness (QED) is 0.849. The van der Waals surface area contributed by atoms with Crippen molar-refractivity contribution >= 4 is 26.8 Å². The Morgan fingerprint density at radius 3 is 2.71 bits per heavy atom. The second kappa shape index (κ2) is 5.66. The van der Waals surface area contributed by atoms with Crippen molar-refractivity contribution in [1.82, 2.24) is 10.3 Å². The van der Waals surface area contributed by atoms with Gasteiger partial charge in [-0.05, 0) is 31.2 Å². The highest BCUT2D eigenvalue weighted by molar-refractivity contribution is 7.89. The van der Waals surface area contributed by atoms with Gasteiger partial charge in [-0.25, -0.2) is 13.6 Å². The lowest BCUT2D eigenvalue weighted by Crippen LogP contribution is -2.33. The smallest absolute Gasteiger partial charge is 0.260 e. The Hall–Kier alpha value is -2.19. The summed E-state index contributed by atoms with van der Waals surface area (Å²) in [5, 5.41) is 8.12. The van der Waals surface area contributed by atoms with Crippen LogP contribution in [0.3, 0.4) is 0 Å². The second-order valence-electron chi connectivity index (χ2n) is 4.38. The first-order chi connectivity index (χ1) is 9.84. The lowest BCUT2D eigenvalue weighted by Gasteiger charge is -2.15. The Bertz CT molecular complexity index is 789. The molecular weight excluding hydrogens is 294 g/mol. The van der Waals surface area contributed by atoms with Crippen molar-refractivity contribution in [3.05, 3.63) is 30.5 Å². The van der Waals surface area contributed by atoms with E-state index in [0.717, 1.165) is 0 Å². The third-order valence-electron chi connectivity index (χ3n) is 2.92. The minimum Gasteiger partial charge on any atom is -0.480 e. The first kappa shape index (κ1) is 15.2. The number of aromatic nitrogens is 1. The molecule has 1 aromatic heterocycles. The number of nitrogens with zero attached hydrogens (tertiary/aromatic N) is 1. The topological polar surface area (TPSA) is 111 Å². The van der Waals surface area contributed by atoms with Crippen LogP contribution in [0.2, 0.25) is 0 Å². The van der Waals surface area contributed by atoms with Gasteiger partial charge in [-0.1, -0.05) is 0 Å². The Labute approximate surface area is 122 Å². The number of fused-ring (bicyclic) bond motifs is 1. The van der Waals surface area contributed by atoms with E-state index in [-0.39, 0.29) is 16.3 Å². The zero-order chi connectivity index (χ0) is 15.6. The number of benzene rings is 1. The number of nitrogens with one attached hydrogen (secondary N) is 1. The number of nitrogens with two attached hydrogens (primary N) is 1. The summed E-state index contributed by atoms with van der Waals surface area (Å²) >= 11 is 0. The van der Waals surface area contributed by atoms with Crippen LogP contribution < -0.4 is 15.2 Å². The Morgan fingerprint density at radius 2 is 2.10 bits per heavy atom. The Balaban J connectivity index is 2.56. The molecule has 1 aromatic carbocycles. The van der Waals surface area contributed by atoms with Gasteiger partial charge in [0.05, 0.1) is 5.52 Å². The molecule has 0 radical (unpaired) electrons. The highest BCUT2D eigenvalue weighted by Crippen LogP contribution is 2.29. The first-order valence-corrected chi connectivity index (χ1v) is 7.68. The van der Waals surface area contributed by atoms with Crippen LogP contribution in [0.25, 0.3) is 10.9 Å². The minimum absolute atomic E-state index is 0.0851. The third-order valence-corrected chi connectivity index (χ3v) is 3.86. The number of hydrogen-bond donors (Lipinski definition) is 2. The minimum atomic E-state index is -3.89. The molecule has 1 heterocycles. The van der Waals surface area contributed by atoms with Gasteiger partial charge in [0.15, 0.2) is 6.10 Å². The number of carbonyl (C=O) groups excluding carboxylic acids is 1. The average molecular weight is 309 g/mol. The van der Waals surface area contributed by atoms with Crippen molar-refractivity contribution in [3.8, 4) is 5.75 Å². The van der Waals surface area contributed by atoms with Crippen molar-refractivity contribution in [2.45, 2.75) is 17.9 Å². The predicted octanol–water partition coefficient (Wildman–Crippen LogP) is 0.396. The molecule has 2 rings (SSSR count). The molecular formula is C13H15N3O4S. The number of sulfonamides is 1. The maximum atomic E-state index is 11.6. The van der Waals surface area contributed by atoms with E-state index in [9.17, 15) is 13.2 Å². The first-order valence-electron chi connectivity index (χ1n) is 6.13. The van der Waals surface area contributed by atoms with Crippen molar-refractivity contribution in [2.24, 2.45) is 5.14 Å². The second-order valence-corrected chi connectivity index (χ2v) is 5.91. The van der Waals surface area contributed by atoms with E-state index in [1.165, 1.54) is 25.4 Å². The summed E-state index contributed by atoms with van der Waals surface area (Å²) in [4.78, 5) is 15.5. The average Bonchev–Trinajstić information content (AvgIpc) is 2.45. The van der Waals surface area contributed by atoms with Gasteiger partial charge < -0.3 is 10.1 Å². The van der Waals surface area contributed by atoms with Crippen molar-refractivity contribution < 1.29 is 17.9 Å². The van der Waals surface area contributed by atoms with Crippen LogP contribution in [0.15, 0.2) is 35.4 Å². The predicted molar refractivity (Wildman–Crippen MR) is 77.3 cm³/mol. The van der Waals surface area contributed by atoms with E-state index in [1.54, 1.807) is 19.1 Å². The lowest BCUT2D eigenvalue weighted by molar-refractivity contribution is -0.126. The van der Waals surface area contributed by atoms with Crippen molar-refractivity contribution in [1.29, 1.82) is 0 Å². The highest BCUT2D eigenvalue weighted by Gasteiger charge is 2.19. The number of hydrogen-bond acceptors (Lipinski definition) is 5. The number of carbonyl (C=O) groups is 1. The zero-order valence-electron chi connectivity index (χ0n) is 11.5. The normalized spacial score (nSPS) is 12.9. The number of amides is 1. The number of likely N-dealkylation sites (N-methyl/N-ethyl adjacent to an activating group) is 1. The molecule has 1 amide bonds. The van der Waals surface area contributed by atoms with Crippen molar-refractivity contribution in [3.63, 3.8) is 0 Å². The van der Waals surface area contributed by atoms with E-state index < -0.39 is 16.1 Å². The van der Waals surface area contributed by atoms with Crippen LogP contribution >= 0.6 is 0 Å². The molecule has 2 aromatic rings. The fraction of sp³-hybridized carbons (Fsp3) is 0.231. The molecule has 112 valence electrons. The maximum absolute atomic E-state index is 11.6. The molecule has 0 spiro atoms. The summed E-state index contributed by atoms with van der Waals surface area (Å²) < 4.78 is 28.7. The van der Waals surface area contributed by atoms with Crippen LogP contribution in [-0.2, 0) is 14.8 Å². The van der Waals surface area contributed by atoms with Gasteiger partial charge >= 0.3 is 0 Å². The molecule has 0 aliphatic carbocycles. The molecule has 8 heteroatoms.